The van der Waals surface area contributed by atoms with Gasteiger partial charge in [0.05, 0.1) is 17.8 Å². The second-order valence-corrected chi connectivity index (χ2v) is 10.6. The van der Waals surface area contributed by atoms with Crippen LogP contribution in [0.25, 0.3) is 11.1 Å². The number of β-amino-alcohol motifs (C(OH)–C–C–N with tert-alkyl or cyclic N) is 1. The lowest BCUT2D eigenvalue weighted by atomic mass is 9.98. The van der Waals surface area contributed by atoms with Gasteiger partial charge in [0.25, 0.3) is 0 Å². The molecule has 2 aromatic rings. The first-order valence-electron chi connectivity index (χ1n) is 12.5. The summed E-state index contributed by atoms with van der Waals surface area (Å²) < 4.78 is 11.6. The fraction of sp³-hybridized carbons (Fsp3) is 0.464. The summed E-state index contributed by atoms with van der Waals surface area (Å²) in [5.74, 6) is -2.01. The first-order valence-corrected chi connectivity index (χ1v) is 12.5. The average molecular weight is 511 g/mol. The second kappa shape index (κ2) is 10.5. The van der Waals surface area contributed by atoms with Crippen molar-refractivity contribution in [1.29, 1.82) is 0 Å². The molecule has 1 fully saturated rings. The summed E-state index contributed by atoms with van der Waals surface area (Å²) in [5.41, 5.74) is 3.68. The Bertz CT molecular complexity index is 1130. The van der Waals surface area contributed by atoms with Crippen LogP contribution in [0.2, 0.25) is 0 Å². The smallest absolute Gasteiger partial charge is 0.407 e. The Kier molecular flexibility index (Phi) is 7.57. The zero-order valence-corrected chi connectivity index (χ0v) is 21.5. The molecular weight excluding hydrogens is 476 g/mol. The van der Waals surface area contributed by atoms with Gasteiger partial charge in [-0.25, -0.2) is 9.59 Å². The third-order valence-corrected chi connectivity index (χ3v) is 6.74. The molecule has 0 bridgehead atoms. The van der Waals surface area contributed by atoms with Crippen LogP contribution in [0.1, 0.15) is 51.2 Å². The number of aliphatic hydroxyl groups is 1. The van der Waals surface area contributed by atoms with Crippen molar-refractivity contribution in [2.45, 2.75) is 69.9 Å². The number of hydrogen-bond acceptors (Lipinski definition) is 6. The number of carbonyl (C=O) groups is 3. The van der Waals surface area contributed by atoms with Crippen molar-refractivity contribution in [3.8, 4) is 11.1 Å². The standard InChI is InChI=1S/C28H34N2O7/c1-16(37-28(2,3)4)24(25(32)30-14-17(31)13-23(30)26(33)34)29-27(35)36-15-22-20-11-7-5-9-18(20)19-10-6-8-12-21(19)22/h5-12,16-17,22-24,31H,13-15H2,1-4H3,(H,29,35)(H,33,34)/t16-,17+,23-,24+/m0/s1. The Morgan fingerprint density at radius 2 is 1.62 bits per heavy atom. The predicted octanol–water partition coefficient (Wildman–Crippen LogP) is 3.14. The lowest BCUT2D eigenvalue weighted by Gasteiger charge is -2.33. The zero-order valence-electron chi connectivity index (χ0n) is 21.5. The topological polar surface area (TPSA) is 125 Å². The van der Waals surface area contributed by atoms with E-state index in [0.29, 0.717) is 0 Å². The number of benzene rings is 2. The van der Waals surface area contributed by atoms with Crippen molar-refractivity contribution in [1.82, 2.24) is 10.2 Å². The number of carboxylic acid groups (broad SMARTS) is 1. The molecule has 0 spiro atoms. The van der Waals surface area contributed by atoms with E-state index in [1.54, 1.807) is 6.92 Å². The molecule has 1 heterocycles. The van der Waals surface area contributed by atoms with Gasteiger partial charge in [-0.15, -0.1) is 0 Å². The molecular formula is C28H34N2O7. The van der Waals surface area contributed by atoms with Gasteiger partial charge in [0.2, 0.25) is 5.91 Å². The van der Waals surface area contributed by atoms with E-state index < -0.39 is 47.9 Å². The van der Waals surface area contributed by atoms with Gasteiger partial charge in [0.15, 0.2) is 0 Å². The third-order valence-electron chi connectivity index (χ3n) is 6.74. The highest BCUT2D eigenvalue weighted by Gasteiger charge is 2.44. The summed E-state index contributed by atoms with van der Waals surface area (Å²) >= 11 is 0. The lowest BCUT2D eigenvalue weighted by molar-refractivity contribution is -0.152. The Morgan fingerprint density at radius 1 is 1.05 bits per heavy atom. The van der Waals surface area contributed by atoms with Gasteiger partial charge in [-0.3, -0.25) is 4.79 Å². The minimum Gasteiger partial charge on any atom is -0.480 e. The summed E-state index contributed by atoms with van der Waals surface area (Å²) in [7, 11) is 0. The van der Waals surface area contributed by atoms with Crippen LogP contribution in [-0.4, -0.2) is 76.1 Å². The number of nitrogens with one attached hydrogen (secondary N) is 1. The number of nitrogens with zero attached hydrogens (tertiary/aromatic N) is 1. The Labute approximate surface area is 216 Å². The number of alkyl carbamates (subject to hydrolysis) is 1. The highest BCUT2D eigenvalue weighted by molar-refractivity contribution is 5.90. The molecule has 2 amide bonds. The summed E-state index contributed by atoms with van der Waals surface area (Å²) in [6, 6.07) is 13.5. The van der Waals surface area contributed by atoms with Crippen LogP contribution >= 0.6 is 0 Å². The summed E-state index contributed by atoms with van der Waals surface area (Å²) in [5, 5.41) is 22.2. The Balaban J connectivity index is 1.50. The van der Waals surface area contributed by atoms with Crippen LogP contribution in [0, 0.1) is 0 Å². The normalized spacial score (nSPS) is 20.6. The van der Waals surface area contributed by atoms with Gasteiger partial charge in [-0.2, -0.15) is 0 Å². The van der Waals surface area contributed by atoms with E-state index in [0.717, 1.165) is 27.2 Å². The molecule has 0 saturated carbocycles. The largest absolute Gasteiger partial charge is 0.480 e. The molecule has 1 aliphatic heterocycles. The molecule has 0 radical (unpaired) electrons. The quantitative estimate of drug-likeness (QED) is 0.523. The van der Waals surface area contributed by atoms with Crippen LogP contribution in [-0.2, 0) is 19.1 Å². The van der Waals surface area contributed by atoms with Crippen LogP contribution in [0.4, 0.5) is 4.79 Å². The molecule has 198 valence electrons. The molecule has 9 heteroatoms. The number of aliphatic carboxylic acids is 1. The SMILES string of the molecule is C[C@H](OC(C)(C)C)[C@@H](NC(=O)OCC1c2ccccc2-c2ccccc21)C(=O)N1C[C@H](O)C[C@H]1C(=O)O. The Morgan fingerprint density at radius 3 is 2.16 bits per heavy atom. The number of aliphatic hydroxyl groups excluding tert-OH is 1. The van der Waals surface area contributed by atoms with Crippen molar-refractivity contribution in [3.05, 3.63) is 59.7 Å². The third kappa shape index (κ3) is 5.78. The van der Waals surface area contributed by atoms with Crippen LogP contribution in [0.5, 0.6) is 0 Å². The molecule has 37 heavy (non-hydrogen) atoms. The predicted molar refractivity (Wildman–Crippen MR) is 136 cm³/mol. The van der Waals surface area contributed by atoms with Gasteiger partial charge in [-0.1, -0.05) is 48.5 Å². The molecule has 4 rings (SSSR count). The molecule has 4 atom stereocenters. The van der Waals surface area contributed by atoms with E-state index in [2.05, 4.69) is 5.32 Å². The summed E-state index contributed by atoms with van der Waals surface area (Å²) in [6.07, 6.45) is -2.64. The molecule has 1 saturated heterocycles. The number of fused-ring (bicyclic) bond motifs is 3. The maximum Gasteiger partial charge on any atom is 0.407 e. The number of carboxylic acids is 1. The molecule has 2 aromatic carbocycles. The van der Waals surface area contributed by atoms with Crippen LogP contribution in [0.3, 0.4) is 0 Å². The van der Waals surface area contributed by atoms with Gasteiger partial charge in [-0.05, 0) is 49.9 Å². The van der Waals surface area contributed by atoms with E-state index in [4.69, 9.17) is 9.47 Å². The second-order valence-electron chi connectivity index (χ2n) is 10.6. The minimum atomic E-state index is -1.21. The van der Waals surface area contributed by atoms with Crippen molar-refractivity contribution < 1.29 is 34.1 Å². The molecule has 2 aliphatic rings. The summed E-state index contributed by atoms with van der Waals surface area (Å²) in [6.45, 7) is 7.02. The van der Waals surface area contributed by atoms with Crippen molar-refractivity contribution in [2.75, 3.05) is 13.2 Å². The number of hydrogen-bond donors (Lipinski definition) is 3. The highest BCUT2D eigenvalue weighted by Crippen LogP contribution is 2.44. The number of rotatable bonds is 7. The monoisotopic (exact) mass is 510 g/mol. The molecule has 3 N–H and O–H groups in total. The first kappa shape index (κ1) is 26.6. The van der Waals surface area contributed by atoms with E-state index in [-0.39, 0.29) is 25.5 Å². The highest BCUT2D eigenvalue weighted by atomic mass is 16.6. The van der Waals surface area contributed by atoms with Crippen LogP contribution < -0.4 is 5.32 Å². The summed E-state index contributed by atoms with van der Waals surface area (Å²) in [4.78, 5) is 39.2. The fourth-order valence-electron chi connectivity index (χ4n) is 5.24. The van der Waals surface area contributed by atoms with Gasteiger partial charge < -0.3 is 29.9 Å². The van der Waals surface area contributed by atoms with Crippen LogP contribution in [0.15, 0.2) is 48.5 Å². The van der Waals surface area contributed by atoms with E-state index >= 15 is 0 Å². The number of amides is 2. The fourth-order valence-corrected chi connectivity index (χ4v) is 5.24. The first-order chi connectivity index (χ1) is 17.5. The number of likely N-dealkylation sites (tertiary alicyclic amines) is 1. The Hall–Kier alpha value is -3.43. The van der Waals surface area contributed by atoms with Gasteiger partial charge in [0.1, 0.15) is 18.7 Å². The molecule has 0 aromatic heterocycles. The van der Waals surface area contributed by atoms with Crippen molar-refractivity contribution in [2.24, 2.45) is 0 Å². The van der Waals surface area contributed by atoms with Crippen molar-refractivity contribution >= 4 is 18.0 Å². The zero-order chi connectivity index (χ0) is 26.9. The number of ether oxygens (including phenoxy) is 2. The van der Waals surface area contributed by atoms with Gasteiger partial charge in [0, 0.05) is 18.9 Å². The van der Waals surface area contributed by atoms with E-state index in [1.807, 2.05) is 69.3 Å². The lowest BCUT2D eigenvalue weighted by Crippen LogP contribution is -2.57. The molecule has 1 aliphatic carbocycles. The van der Waals surface area contributed by atoms with Crippen molar-refractivity contribution in [3.63, 3.8) is 0 Å². The number of carbonyl (C=O) groups excluding carboxylic acids is 2. The average Bonchev–Trinajstić information content (AvgIpc) is 3.38. The maximum absolute atomic E-state index is 13.5. The maximum atomic E-state index is 13.5. The molecule has 9 nitrogen and oxygen atoms in total. The van der Waals surface area contributed by atoms with E-state index in [1.165, 1.54) is 0 Å². The molecule has 0 unspecified atom stereocenters. The van der Waals surface area contributed by atoms with E-state index in [9.17, 15) is 24.6 Å². The minimum absolute atomic E-state index is 0.0649. The van der Waals surface area contributed by atoms with Gasteiger partial charge >= 0.3 is 12.1 Å².